The second-order valence-corrected chi connectivity index (χ2v) is 10.5. The summed E-state index contributed by atoms with van der Waals surface area (Å²) in [5, 5.41) is 23.5. The Balaban J connectivity index is 1.43. The summed E-state index contributed by atoms with van der Waals surface area (Å²) in [5.74, 6) is -0.758. The zero-order valence-electron chi connectivity index (χ0n) is 24.1. The molecule has 44 heavy (non-hydrogen) atoms. The van der Waals surface area contributed by atoms with Crippen molar-refractivity contribution in [3.8, 4) is 5.75 Å². The van der Waals surface area contributed by atoms with Gasteiger partial charge in [-0.1, -0.05) is 11.6 Å². The lowest BCUT2D eigenvalue weighted by atomic mass is 10.2. The van der Waals surface area contributed by atoms with Crippen LogP contribution in [0.1, 0.15) is 23.0 Å². The lowest BCUT2D eigenvalue weighted by Gasteiger charge is -2.36. The first kappa shape index (κ1) is 30.3. The van der Waals surface area contributed by atoms with Gasteiger partial charge in [0, 0.05) is 68.8 Å². The lowest BCUT2D eigenvalue weighted by Crippen LogP contribution is -2.50. The molecular formula is C28H31ClN10O5. The van der Waals surface area contributed by atoms with E-state index in [1.54, 1.807) is 40.7 Å². The Morgan fingerprint density at radius 1 is 1.05 bits per heavy atom. The molecule has 15 nitrogen and oxygen atoms in total. The summed E-state index contributed by atoms with van der Waals surface area (Å²) in [5.41, 5.74) is 1.10. The first-order chi connectivity index (χ1) is 21.1. The fourth-order valence-corrected chi connectivity index (χ4v) is 5.06. The molecule has 0 unspecified atom stereocenters. The molecule has 0 atom stereocenters. The number of hydrogen-bond donors (Lipinski definition) is 4. The van der Waals surface area contributed by atoms with Crippen LogP contribution in [0.25, 0.3) is 5.78 Å². The fraction of sp³-hybridized carbons (Fsp3) is 0.321. The van der Waals surface area contributed by atoms with Crippen molar-refractivity contribution < 1.29 is 19.5 Å². The summed E-state index contributed by atoms with van der Waals surface area (Å²) in [6, 6.07) is 8.15. The van der Waals surface area contributed by atoms with Crippen LogP contribution < -0.4 is 26.4 Å². The number of anilines is 3. The molecule has 1 aliphatic heterocycles. The predicted molar refractivity (Wildman–Crippen MR) is 163 cm³/mol. The molecule has 230 valence electrons. The van der Waals surface area contributed by atoms with Crippen molar-refractivity contribution >= 4 is 52.4 Å². The zero-order valence-corrected chi connectivity index (χ0v) is 24.8. The van der Waals surface area contributed by atoms with Crippen LogP contribution in [-0.2, 0) is 16.1 Å². The van der Waals surface area contributed by atoms with E-state index in [4.69, 9.17) is 11.6 Å². The summed E-state index contributed by atoms with van der Waals surface area (Å²) in [6.07, 6.45) is 2.66. The number of amides is 3. The molecule has 0 aliphatic carbocycles. The van der Waals surface area contributed by atoms with Crippen molar-refractivity contribution in [1.82, 2.24) is 34.4 Å². The number of nitrogens with zero attached hydrogens (tertiary/aromatic N) is 7. The van der Waals surface area contributed by atoms with E-state index in [1.807, 2.05) is 4.90 Å². The van der Waals surface area contributed by atoms with Crippen molar-refractivity contribution in [2.45, 2.75) is 20.4 Å². The van der Waals surface area contributed by atoms with Crippen LogP contribution in [0.4, 0.5) is 17.3 Å². The fourth-order valence-electron chi connectivity index (χ4n) is 4.94. The van der Waals surface area contributed by atoms with Gasteiger partial charge in [0.25, 0.3) is 11.5 Å². The summed E-state index contributed by atoms with van der Waals surface area (Å²) in [7, 11) is 0. The number of hydrogen-bond acceptors (Lipinski definition) is 10. The highest BCUT2D eigenvalue weighted by Crippen LogP contribution is 2.23. The number of aromatic nitrogens is 5. The van der Waals surface area contributed by atoms with E-state index >= 15 is 0 Å². The molecule has 0 saturated carbocycles. The number of nitrogens with one attached hydrogen (secondary N) is 3. The Bertz CT molecular complexity index is 1760. The van der Waals surface area contributed by atoms with Gasteiger partial charge in [-0.15, -0.1) is 5.10 Å². The van der Waals surface area contributed by atoms with Crippen molar-refractivity contribution in [1.29, 1.82) is 0 Å². The summed E-state index contributed by atoms with van der Waals surface area (Å²) in [6.45, 7) is 4.85. The third kappa shape index (κ3) is 6.57. The van der Waals surface area contributed by atoms with E-state index in [9.17, 15) is 24.3 Å². The Hall–Kier alpha value is -5.18. The van der Waals surface area contributed by atoms with Crippen LogP contribution in [0.2, 0.25) is 5.02 Å². The Kier molecular flexibility index (Phi) is 8.94. The highest BCUT2D eigenvalue weighted by Gasteiger charge is 2.29. The van der Waals surface area contributed by atoms with Crippen LogP contribution >= 0.6 is 11.6 Å². The Labute approximate surface area is 256 Å². The van der Waals surface area contributed by atoms with E-state index < -0.39 is 5.56 Å². The molecule has 0 radical (unpaired) electrons. The maximum Gasteiger partial charge on any atom is 0.299 e. The lowest BCUT2D eigenvalue weighted by molar-refractivity contribution is -0.119. The van der Waals surface area contributed by atoms with Crippen LogP contribution in [0.5, 0.6) is 5.75 Å². The van der Waals surface area contributed by atoms with Gasteiger partial charge in [-0.05, 0) is 37.3 Å². The zero-order chi connectivity index (χ0) is 31.4. The van der Waals surface area contributed by atoms with E-state index in [-0.39, 0.29) is 47.3 Å². The third-order valence-corrected chi connectivity index (χ3v) is 7.35. The van der Waals surface area contributed by atoms with Gasteiger partial charge in [0.15, 0.2) is 0 Å². The number of carbonyl (C=O) groups excluding carboxylic acids is 3. The van der Waals surface area contributed by atoms with E-state index in [1.165, 1.54) is 25.4 Å². The van der Waals surface area contributed by atoms with E-state index in [0.29, 0.717) is 61.4 Å². The number of carbonyl (C=O) groups is 3. The molecule has 1 aliphatic rings. The van der Waals surface area contributed by atoms with Gasteiger partial charge in [0.1, 0.15) is 18.0 Å². The number of fused-ring (bicyclic) bond motifs is 1. The molecule has 1 fully saturated rings. The number of halogens is 1. The molecule has 16 heteroatoms. The number of pyridine rings is 1. The second-order valence-electron chi connectivity index (χ2n) is 10.1. The molecule has 4 aromatic rings. The smallest absolute Gasteiger partial charge is 0.299 e. The largest absolute Gasteiger partial charge is 0.505 e. The third-order valence-electron chi connectivity index (χ3n) is 7.10. The van der Waals surface area contributed by atoms with Crippen molar-refractivity contribution in [3.63, 3.8) is 0 Å². The molecule has 4 heterocycles. The maximum atomic E-state index is 13.8. The highest BCUT2D eigenvalue weighted by molar-refractivity contribution is 6.30. The molecule has 1 aromatic carbocycles. The Morgan fingerprint density at radius 2 is 1.77 bits per heavy atom. The van der Waals surface area contributed by atoms with Gasteiger partial charge in [-0.25, -0.2) is 0 Å². The quantitative estimate of drug-likeness (QED) is 0.198. The van der Waals surface area contributed by atoms with Gasteiger partial charge in [0.05, 0.1) is 11.8 Å². The molecule has 5 rings (SSSR count). The van der Waals surface area contributed by atoms with Crippen LogP contribution in [0, 0.1) is 6.92 Å². The van der Waals surface area contributed by atoms with Crippen LogP contribution in [0.3, 0.4) is 0 Å². The summed E-state index contributed by atoms with van der Waals surface area (Å²) in [4.78, 5) is 62.9. The molecule has 4 N–H and O–H groups in total. The van der Waals surface area contributed by atoms with Crippen molar-refractivity contribution in [3.05, 3.63) is 69.4 Å². The highest BCUT2D eigenvalue weighted by atomic mass is 35.5. The average molecular weight is 623 g/mol. The number of piperazine rings is 1. The molecule has 0 bridgehead atoms. The minimum Gasteiger partial charge on any atom is -0.505 e. The normalized spacial score (nSPS) is 13.2. The van der Waals surface area contributed by atoms with Gasteiger partial charge in [-0.3, -0.25) is 24.2 Å². The first-order valence-electron chi connectivity index (χ1n) is 13.8. The average Bonchev–Trinajstić information content (AvgIpc) is 3.43. The van der Waals surface area contributed by atoms with Gasteiger partial charge in [0.2, 0.25) is 23.5 Å². The summed E-state index contributed by atoms with van der Waals surface area (Å²) >= 11 is 5.97. The standard InChI is InChI=1S/C28H31ClN10O5/c1-17-24(36-11-13-37(14-12-36)25(43)21-7-8-30-15-22(21)41)26(44)39-28(34-27(35-39)32-10-9-31-18(2)40)38(17)16-23(42)33-20-5-3-19(29)4-6-20/h3-8,15,41H,9-14,16H2,1-2H3,(H,31,40)(H,32,35)(H,33,42). The molecular weight excluding hydrogens is 592 g/mol. The molecule has 3 aromatic heterocycles. The van der Waals surface area contributed by atoms with Gasteiger partial charge < -0.3 is 35.4 Å². The van der Waals surface area contributed by atoms with E-state index in [0.717, 1.165) is 4.52 Å². The van der Waals surface area contributed by atoms with Gasteiger partial charge in [-0.2, -0.15) is 9.50 Å². The number of benzene rings is 1. The first-order valence-corrected chi connectivity index (χ1v) is 14.2. The predicted octanol–water partition coefficient (Wildman–Crippen LogP) is 1.10. The van der Waals surface area contributed by atoms with Crippen molar-refractivity contribution in [2.24, 2.45) is 0 Å². The van der Waals surface area contributed by atoms with Crippen LogP contribution in [0.15, 0.2) is 47.5 Å². The van der Waals surface area contributed by atoms with Crippen LogP contribution in [-0.4, -0.2) is 91.1 Å². The molecule has 1 saturated heterocycles. The molecule has 3 amide bonds. The molecule has 0 spiro atoms. The van der Waals surface area contributed by atoms with Crippen molar-refractivity contribution in [2.75, 3.05) is 54.8 Å². The minimum atomic E-state index is -0.430. The Morgan fingerprint density at radius 3 is 2.45 bits per heavy atom. The van der Waals surface area contributed by atoms with Gasteiger partial charge >= 0.3 is 0 Å². The minimum absolute atomic E-state index is 0.154. The number of aromatic hydroxyl groups is 1. The second kappa shape index (κ2) is 13.0. The van der Waals surface area contributed by atoms with E-state index in [2.05, 4.69) is 31.0 Å². The maximum absolute atomic E-state index is 13.8. The SMILES string of the molecule is CC(=O)NCCNc1nc2n(CC(=O)Nc3ccc(Cl)cc3)c(C)c(N3CCN(C(=O)c4ccncc4O)CC3)c(=O)n2n1. The monoisotopic (exact) mass is 622 g/mol. The topological polar surface area (TPSA) is 179 Å². The summed E-state index contributed by atoms with van der Waals surface area (Å²) < 4.78 is 2.76. The number of rotatable bonds is 9.